The van der Waals surface area contributed by atoms with Crippen LogP contribution in [0.4, 0.5) is 17.1 Å². The van der Waals surface area contributed by atoms with Gasteiger partial charge >= 0.3 is 0 Å². The maximum absolute atomic E-state index is 6.94. The molecular weight excluding hydrogens is 698 g/mol. The number of benzene rings is 8. The van der Waals surface area contributed by atoms with Crippen LogP contribution in [0.1, 0.15) is 0 Å². The third-order valence-electron chi connectivity index (χ3n) is 11.3. The molecule has 2 nitrogen and oxygen atoms in total. The van der Waals surface area contributed by atoms with E-state index >= 15 is 0 Å². The van der Waals surface area contributed by atoms with E-state index in [1.165, 1.54) is 53.9 Å². The molecule has 5 heteroatoms. The Morgan fingerprint density at radius 2 is 0.982 bits per heavy atom. The molecule has 8 aromatic carbocycles. The van der Waals surface area contributed by atoms with Gasteiger partial charge in [-0.15, -0.1) is 0 Å². The van der Waals surface area contributed by atoms with Crippen LogP contribution in [0.15, 0.2) is 170 Å². The summed E-state index contributed by atoms with van der Waals surface area (Å²) in [6, 6.07) is 62.8. The molecule has 8 aromatic rings. The Bertz CT molecular complexity index is 2630. The summed E-state index contributed by atoms with van der Waals surface area (Å²) in [4.78, 5) is 2.37. The zero-order chi connectivity index (χ0) is 37.9. The highest BCUT2D eigenvalue weighted by Crippen LogP contribution is 2.48. The molecule has 0 bridgehead atoms. The van der Waals surface area contributed by atoms with Crippen LogP contribution in [0, 0.1) is 0 Å². The van der Waals surface area contributed by atoms with Crippen LogP contribution in [-0.4, -0.2) is 22.9 Å². The highest BCUT2D eigenvalue weighted by molar-refractivity contribution is 6.98. The Hall–Kier alpha value is -5.62. The lowest BCUT2D eigenvalue weighted by Crippen LogP contribution is -2.52. The maximum Gasteiger partial charge on any atom is 0.242 e. The van der Waals surface area contributed by atoms with Crippen molar-refractivity contribution in [1.29, 1.82) is 0 Å². The number of fused-ring (bicyclic) bond motifs is 3. The second-order valence-electron chi connectivity index (χ2n) is 17.0. The summed E-state index contributed by atoms with van der Waals surface area (Å²) in [6.45, 7) is 14.5. The van der Waals surface area contributed by atoms with Crippen LogP contribution < -0.4 is 36.4 Å². The topological polar surface area (TPSA) is 12.5 Å². The Balaban J connectivity index is 1.18. The molecule has 0 fully saturated rings. The van der Waals surface area contributed by atoms with Gasteiger partial charge in [0.1, 0.15) is 11.5 Å². The average molecular weight is 744 g/mol. The van der Waals surface area contributed by atoms with Gasteiger partial charge in [-0.25, -0.2) is 0 Å². The fourth-order valence-electron chi connectivity index (χ4n) is 8.38. The van der Waals surface area contributed by atoms with Crippen molar-refractivity contribution >= 4 is 88.2 Å². The van der Waals surface area contributed by atoms with Gasteiger partial charge in [-0.2, -0.15) is 0 Å². The van der Waals surface area contributed by atoms with Crippen LogP contribution in [0.2, 0.25) is 39.3 Å². The molecule has 55 heavy (non-hydrogen) atoms. The minimum Gasteiger partial charge on any atom is -0.456 e. The van der Waals surface area contributed by atoms with Gasteiger partial charge < -0.3 is 9.64 Å². The predicted octanol–water partition coefficient (Wildman–Crippen LogP) is 10.8. The molecule has 9 rings (SSSR count). The molecule has 0 aliphatic carbocycles. The summed E-state index contributed by atoms with van der Waals surface area (Å²) in [6.07, 6.45) is 0. The monoisotopic (exact) mass is 743 g/mol. The van der Waals surface area contributed by atoms with E-state index in [-0.39, 0.29) is 6.71 Å². The molecule has 268 valence electrons. The zero-order valence-electron chi connectivity index (χ0n) is 32.6. The number of anilines is 3. The van der Waals surface area contributed by atoms with Gasteiger partial charge in [0, 0.05) is 34.1 Å². The molecule has 1 aliphatic heterocycles. The summed E-state index contributed by atoms with van der Waals surface area (Å²) in [5.41, 5.74) is 9.55. The molecular formula is C50H46BNOSi2. The fraction of sp³-hybridized carbons (Fsp3) is 0.120. The lowest BCUT2D eigenvalue weighted by Gasteiger charge is -2.29. The van der Waals surface area contributed by atoms with Crippen molar-refractivity contribution < 1.29 is 4.74 Å². The summed E-state index contributed by atoms with van der Waals surface area (Å²) >= 11 is 0. The van der Waals surface area contributed by atoms with E-state index in [4.69, 9.17) is 4.74 Å². The Labute approximate surface area is 328 Å². The molecule has 1 heterocycles. The van der Waals surface area contributed by atoms with Crippen LogP contribution in [-0.2, 0) is 0 Å². The van der Waals surface area contributed by atoms with Crippen molar-refractivity contribution in [2.75, 3.05) is 4.90 Å². The van der Waals surface area contributed by atoms with Crippen molar-refractivity contribution in [3.8, 4) is 22.6 Å². The smallest absolute Gasteiger partial charge is 0.242 e. The molecule has 0 spiro atoms. The number of hydrogen-bond acceptors (Lipinski definition) is 2. The third kappa shape index (κ3) is 6.41. The predicted molar refractivity (Wildman–Crippen MR) is 245 cm³/mol. The molecule has 0 saturated heterocycles. The highest BCUT2D eigenvalue weighted by Gasteiger charge is 2.29. The quantitative estimate of drug-likeness (QED) is 0.144. The van der Waals surface area contributed by atoms with Gasteiger partial charge in [-0.05, 0) is 64.2 Å². The zero-order valence-corrected chi connectivity index (χ0v) is 34.6. The van der Waals surface area contributed by atoms with E-state index in [0.29, 0.717) is 0 Å². The number of rotatable bonds is 8. The molecule has 0 amide bonds. The van der Waals surface area contributed by atoms with Gasteiger partial charge in [0.05, 0.1) is 16.1 Å². The van der Waals surface area contributed by atoms with Crippen molar-refractivity contribution in [2.45, 2.75) is 39.3 Å². The average Bonchev–Trinajstić information content (AvgIpc) is 3.19. The van der Waals surface area contributed by atoms with Gasteiger partial charge in [-0.3, -0.25) is 0 Å². The molecule has 0 N–H and O–H groups in total. The van der Waals surface area contributed by atoms with Crippen molar-refractivity contribution in [3.05, 3.63) is 170 Å². The van der Waals surface area contributed by atoms with E-state index in [9.17, 15) is 0 Å². The lowest BCUT2D eigenvalue weighted by atomic mass is 9.35. The first kappa shape index (κ1) is 35.1. The van der Waals surface area contributed by atoms with E-state index in [1.54, 1.807) is 0 Å². The second kappa shape index (κ2) is 13.6. The minimum absolute atomic E-state index is 0.0496. The third-order valence-corrected chi connectivity index (χ3v) is 15.5. The summed E-state index contributed by atoms with van der Waals surface area (Å²) in [5.74, 6) is 1.77. The van der Waals surface area contributed by atoms with Gasteiger partial charge in [0.2, 0.25) is 6.71 Å². The van der Waals surface area contributed by atoms with Crippen LogP contribution in [0.25, 0.3) is 32.7 Å². The Morgan fingerprint density at radius 3 is 1.65 bits per heavy atom. The molecule has 0 radical (unpaired) electrons. The van der Waals surface area contributed by atoms with E-state index in [2.05, 4.69) is 214 Å². The minimum atomic E-state index is -1.45. The summed E-state index contributed by atoms with van der Waals surface area (Å²) in [7, 11) is -2.90. The van der Waals surface area contributed by atoms with Gasteiger partial charge in [0.25, 0.3) is 0 Å². The lowest BCUT2D eigenvalue weighted by molar-refractivity contribution is 0.487. The first-order valence-electron chi connectivity index (χ1n) is 19.5. The summed E-state index contributed by atoms with van der Waals surface area (Å²) < 4.78 is 6.94. The summed E-state index contributed by atoms with van der Waals surface area (Å²) in [5, 5.41) is 7.84. The first-order chi connectivity index (χ1) is 26.5. The number of ether oxygens (including phenoxy) is 1. The Kier molecular flexibility index (Phi) is 8.68. The van der Waals surface area contributed by atoms with E-state index in [0.717, 1.165) is 34.1 Å². The maximum atomic E-state index is 6.94. The fourth-order valence-corrected chi connectivity index (χ4v) is 10.7. The van der Waals surface area contributed by atoms with Crippen LogP contribution in [0.5, 0.6) is 11.5 Å². The van der Waals surface area contributed by atoms with Crippen molar-refractivity contribution in [2.24, 2.45) is 0 Å². The Morgan fingerprint density at radius 1 is 0.436 bits per heavy atom. The van der Waals surface area contributed by atoms with Crippen molar-refractivity contribution in [3.63, 3.8) is 0 Å². The molecule has 0 aromatic heterocycles. The second-order valence-corrected chi connectivity index (χ2v) is 27.2. The van der Waals surface area contributed by atoms with Gasteiger partial charge in [0.15, 0.2) is 0 Å². The number of nitrogens with zero attached hydrogens (tertiary/aromatic N) is 1. The standard InChI is InChI=1S/C50H46BNOSi2/c1-54(2,3)40-27-22-37(23-28-40)52(38-24-29-41(30-25-38)55(4,5)6)39-26-31-43-44-32-33-47(45-19-13-21-48(50(44)45)53-49(43)34-39)51(36-16-8-7-9-17-36)46-20-12-15-35-14-10-11-18-42(35)46/h7-34H,1-6H3. The molecule has 0 unspecified atom stereocenters. The van der Waals surface area contributed by atoms with Gasteiger partial charge in [-0.1, -0.05) is 187 Å². The first-order valence-corrected chi connectivity index (χ1v) is 26.5. The van der Waals surface area contributed by atoms with E-state index < -0.39 is 16.1 Å². The van der Waals surface area contributed by atoms with Crippen LogP contribution >= 0.6 is 0 Å². The van der Waals surface area contributed by atoms with Crippen LogP contribution in [0.3, 0.4) is 0 Å². The van der Waals surface area contributed by atoms with Crippen molar-refractivity contribution in [1.82, 2.24) is 0 Å². The highest BCUT2D eigenvalue weighted by atomic mass is 28.3. The molecule has 0 atom stereocenters. The SMILES string of the molecule is C[Si](C)(C)c1ccc(N(c2ccc([Si](C)(C)C)cc2)c2ccc3c(c2)Oc2cccc4c(B(c5ccccc5)c5cccc6ccccc56)ccc-3c24)cc1. The number of hydrogen-bond donors (Lipinski definition) is 0. The van der Waals surface area contributed by atoms with E-state index in [1.807, 2.05) is 0 Å². The largest absolute Gasteiger partial charge is 0.456 e. The normalized spacial score (nSPS) is 12.3. The molecule has 1 aliphatic rings. The molecule has 0 saturated carbocycles.